The number of nitrogens with zero attached hydrogens (tertiary/aromatic N) is 3. The lowest BCUT2D eigenvalue weighted by Crippen LogP contribution is -2.41. The van der Waals surface area contributed by atoms with Crippen molar-refractivity contribution in [3.05, 3.63) is 47.3 Å². The molecule has 1 unspecified atom stereocenters. The van der Waals surface area contributed by atoms with Gasteiger partial charge in [0.15, 0.2) is 0 Å². The smallest absolute Gasteiger partial charge is 0.226 e. The third-order valence-electron chi connectivity index (χ3n) is 5.14. The van der Waals surface area contributed by atoms with Crippen molar-refractivity contribution >= 4 is 11.6 Å². The van der Waals surface area contributed by atoms with Crippen molar-refractivity contribution < 1.29 is 9.32 Å². The van der Waals surface area contributed by atoms with E-state index in [2.05, 4.69) is 44.5 Å². The minimum atomic E-state index is -0.0183. The van der Waals surface area contributed by atoms with E-state index in [0.717, 1.165) is 18.8 Å². The molecule has 1 saturated heterocycles. The highest BCUT2D eigenvalue weighted by molar-refractivity contribution is 5.78. The molecule has 0 saturated carbocycles. The Bertz CT molecular complexity index is 733. The van der Waals surface area contributed by atoms with Gasteiger partial charge in [-0.15, -0.1) is 0 Å². The van der Waals surface area contributed by atoms with Crippen LogP contribution in [0.15, 0.2) is 34.9 Å². The summed E-state index contributed by atoms with van der Waals surface area (Å²) in [5, 5.41) is 7.01. The summed E-state index contributed by atoms with van der Waals surface area (Å²) in [4.78, 5) is 17.0. The van der Waals surface area contributed by atoms with Crippen LogP contribution in [0.3, 0.4) is 0 Å². The average molecular weight is 370 g/mol. The Morgan fingerprint density at radius 2 is 1.93 bits per heavy atom. The second kappa shape index (κ2) is 9.04. The molecule has 1 aromatic heterocycles. The van der Waals surface area contributed by atoms with E-state index in [1.54, 1.807) is 0 Å². The van der Waals surface area contributed by atoms with Crippen LogP contribution in [-0.2, 0) is 11.2 Å². The largest absolute Gasteiger partial charge is 0.378 e. The molecule has 27 heavy (non-hydrogen) atoms. The summed E-state index contributed by atoms with van der Waals surface area (Å²) in [6, 6.07) is 10.7. The molecule has 2 aromatic rings. The summed E-state index contributed by atoms with van der Waals surface area (Å²) in [6.45, 7) is 4.60. The number of piperidine rings is 1. The zero-order chi connectivity index (χ0) is 19.2. The topological polar surface area (TPSA) is 61.6 Å². The molecule has 1 aliphatic rings. The molecule has 0 bridgehead atoms. The molecule has 2 heterocycles. The predicted octanol–water partition coefficient (Wildman–Crippen LogP) is 2.93. The number of aromatic nitrogens is 1. The number of carbonyl (C=O) groups excluding carboxylic acids is 1. The number of likely N-dealkylation sites (tertiary alicyclic amines) is 1. The van der Waals surface area contributed by atoms with Gasteiger partial charge in [0.1, 0.15) is 5.76 Å². The first-order valence-electron chi connectivity index (χ1n) is 9.73. The number of nitrogens with one attached hydrogen (secondary N) is 1. The summed E-state index contributed by atoms with van der Waals surface area (Å²) >= 11 is 0. The maximum atomic E-state index is 12.4. The highest BCUT2D eigenvalue weighted by Crippen LogP contribution is 2.26. The van der Waals surface area contributed by atoms with Gasteiger partial charge in [-0.2, -0.15) is 0 Å². The van der Waals surface area contributed by atoms with Gasteiger partial charge in [-0.3, -0.25) is 9.69 Å². The van der Waals surface area contributed by atoms with Gasteiger partial charge in [-0.1, -0.05) is 23.7 Å². The zero-order valence-electron chi connectivity index (χ0n) is 16.6. The van der Waals surface area contributed by atoms with Crippen LogP contribution in [-0.4, -0.2) is 49.7 Å². The van der Waals surface area contributed by atoms with Gasteiger partial charge in [0.25, 0.3) is 0 Å². The van der Waals surface area contributed by atoms with Crippen molar-refractivity contribution in [1.29, 1.82) is 0 Å². The molecule has 1 fully saturated rings. The molecular formula is C21H30N4O2. The standard InChI is InChI=1S/C21H30N4O2/c1-16-13-18(23-27-16)14-21(26)22-15-20(25-11-5-4-6-12-25)17-7-9-19(10-8-17)24(2)3/h7-10,13,20H,4-6,11-12,14-15H2,1-3H3,(H,22,26). The number of amides is 1. The number of anilines is 1. The van der Waals surface area contributed by atoms with Crippen LogP contribution in [0.25, 0.3) is 0 Å². The monoisotopic (exact) mass is 370 g/mol. The normalized spacial score (nSPS) is 16.1. The fourth-order valence-corrected chi connectivity index (χ4v) is 3.62. The quantitative estimate of drug-likeness (QED) is 0.812. The van der Waals surface area contributed by atoms with E-state index >= 15 is 0 Å². The summed E-state index contributed by atoms with van der Waals surface area (Å²) in [7, 11) is 4.09. The molecule has 0 radical (unpaired) electrons. The van der Waals surface area contributed by atoms with Gasteiger partial charge in [-0.25, -0.2) is 0 Å². The van der Waals surface area contributed by atoms with Crippen LogP contribution in [0.4, 0.5) is 5.69 Å². The second-order valence-corrected chi connectivity index (χ2v) is 7.51. The number of hydrogen-bond acceptors (Lipinski definition) is 5. The van der Waals surface area contributed by atoms with Gasteiger partial charge in [0.05, 0.1) is 18.2 Å². The average Bonchev–Trinajstić information content (AvgIpc) is 3.08. The van der Waals surface area contributed by atoms with Gasteiger partial charge in [-0.05, 0) is 50.6 Å². The first-order valence-corrected chi connectivity index (χ1v) is 9.73. The van der Waals surface area contributed by atoms with Crippen LogP contribution >= 0.6 is 0 Å². The minimum absolute atomic E-state index is 0.0183. The zero-order valence-corrected chi connectivity index (χ0v) is 16.6. The Hall–Kier alpha value is -2.34. The maximum absolute atomic E-state index is 12.4. The third kappa shape index (κ3) is 5.32. The van der Waals surface area contributed by atoms with Gasteiger partial charge in [0.2, 0.25) is 5.91 Å². The highest BCUT2D eigenvalue weighted by atomic mass is 16.5. The van der Waals surface area contributed by atoms with E-state index in [9.17, 15) is 4.79 Å². The van der Waals surface area contributed by atoms with E-state index in [1.165, 1.54) is 30.5 Å². The number of benzene rings is 1. The van der Waals surface area contributed by atoms with Gasteiger partial charge < -0.3 is 14.7 Å². The molecule has 3 rings (SSSR count). The molecule has 1 aliphatic heterocycles. The van der Waals surface area contributed by atoms with Crippen molar-refractivity contribution in [3.63, 3.8) is 0 Å². The van der Waals surface area contributed by atoms with E-state index in [-0.39, 0.29) is 18.4 Å². The SMILES string of the molecule is Cc1cc(CC(=O)NCC(c2ccc(N(C)C)cc2)N2CCCCC2)no1. The van der Waals surface area contributed by atoms with Gasteiger partial charge in [0, 0.05) is 32.4 Å². The second-order valence-electron chi connectivity index (χ2n) is 7.51. The summed E-state index contributed by atoms with van der Waals surface area (Å²) in [6.07, 6.45) is 3.99. The first kappa shape index (κ1) is 19.4. The third-order valence-corrected chi connectivity index (χ3v) is 5.14. The van der Waals surface area contributed by atoms with Crippen LogP contribution in [0.5, 0.6) is 0 Å². The van der Waals surface area contributed by atoms with Crippen LogP contribution in [0.1, 0.15) is 42.3 Å². The number of rotatable bonds is 7. The molecule has 6 heteroatoms. The first-order chi connectivity index (χ1) is 13.0. The molecule has 1 aromatic carbocycles. The molecule has 0 aliphatic carbocycles. The lowest BCUT2D eigenvalue weighted by Gasteiger charge is -2.35. The fourth-order valence-electron chi connectivity index (χ4n) is 3.62. The highest BCUT2D eigenvalue weighted by Gasteiger charge is 2.23. The molecule has 1 atom stereocenters. The van der Waals surface area contributed by atoms with Crippen molar-refractivity contribution in [1.82, 2.24) is 15.4 Å². The summed E-state index contributed by atoms with van der Waals surface area (Å²) in [5.74, 6) is 0.709. The molecular weight excluding hydrogens is 340 g/mol. The van der Waals surface area contributed by atoms with Crippen molar-refractivity contribution in [2.75, 3.05) is 38.6 Å². The summed E-state index contributed by atoms with van der Waals surface area (Å²) < 4.78 is 5.04. The summed E-state index contributed by atoms with van der Waals surface area (Å²) in [5.41, 5.74) is 3.11. The number of carbonyl (C=O) groups is 1. The maximum Gasteiger partial charge on any atom is 0.226 e. The Morgan fingerprint density at radius 1 is 1.22 bits per heavy atom. The molecule has 1 amide bonds. The Morgan fingerprint density at radius 3 is 2.52 bits per heavy atom. The molecule has 1 N–H and O–H groups in total. The van der Waals surface area contributed by atoms with Crippen molar-refractivity contribution in [2.45, 2.75) is 38.6 Å². The van der Waals surface area contributed by atoms with Crippen LogP contribution < -0.4 is 10.2 Å². The van der Waals surface area contributed by atoms with Gasteiger partial charge >= 0.3 is 0 Å². The number of hydrogen-bond donors (Lipinski definition) is 1. The minimum Gasteiger partial charge on any atom is -0.378 e. The molecule has 6 nitrogen and oxygen atoms in total. The Balaban J connectivity index is 1.66. The van der Waals surface area contributed by atoms with Crippen LogP contribution in [0, 0.1) is 6.92 Å². The molecule has 0 spiro atoms. The predicted molar refractivity (Wildman–Crippen MR) is 107 cm³/mol. The Kier molecular flexibility index (Phi) is 6.50. The van der Waals surface area contributed by atoms with Crippen molar-refractivity contribution in [2.24, 2.45) is 0 Å². The lowest BCUT2D eigenvalue weighted by atomic mass is 10.0. The van der Waals surface area contributed by atoms with E-state index in [0.29, 0.717) is 12.2 Å². The Labute approximate surface area is 161 Å². The van der Waals surface area contributed by atoms with Crippen LogP contribution in [0.2, 0.25) is 0 Å². The fraction of sp³-hybridized carbons (Fsp3) is 0.524. The van der Waals surface area contributed by atoms with E-state index in [4.69, 9.17) is 4.52 Å². The van der Waals surface area contributed by atoms with E-state index < -0.39 is 0 Å². The number of aryl methyl sites for hydroxylation is 1. The molecule has 146 valence electrons. The van der Waals surface area contributed by atoms with Crippen molar-refractivity contribution in [3.8, 4) is 0 Å². The lowest BCUT2D eigenvalue weighted by molar-refractivity contribution is -0.120. The van der Waals surface area contributed by atoms with E-state index in [1.807, 2.05) is 27.1 Å².